The number of aromatic nitrogens is 2. The van der Waals surface area contributed by atoms with Crippen LogP contribution in [0.1, 0.15) is 35.1 Å². The Hall–Kier alpha value is -2.28. The van der Waals surface area contributed by atoms with Crippen molar-refractivity contribution in [1.29, 1.82) is 0 Å². The molecule has 0 radical (unpaired) electrons. The van der Waals surface area contributed by atoms with Crippen molar-refractivity contribution in [3.05, 3.63) is 36.1 Å². The average molecular weight is 333 g/mol. The van der Waals surface area contributed by atoms with E-state index in [0.717, 1.165) is 31.8 Å². The first-order chi connectivity index (χ1) is 11.7. The van der Waals surface area contributed by atoms with Gasteiger partial charge < -0.3 is 23.4 Å². The van der Waals surface area contributed by atoms with Crippen molar-refractivity contribution in [2.24, 2.45) is 0 Å². The molecule has 1 aliphatic rings. The van der Waals surface area contributed by atoms with Crippen molar-refractivity contribution in [3.63, 3.8) is 0 Å². The summed E-state index contributed by atoms with van der Waals surface area (Å²) in [6, 6.07) is 3.32. The normalized spacial score (nSPS) is 17.9. The molecule has 2 aromatic rings. The van der Waals surface area contributed by atoms with Gasteiger partial charge in [0.2, 0.25) is 0 Å². The van der Waals surface area contributed by atoms with Crippen LogP contribution in [0, 0.1) is 0 Å². The molecule has 0 N–H and O–H groups in total. The molecule has 2 aromatic heterocycles. The smallest absolute Gasteiger partial charge is 0.289 e. The zero-order valence-electron chi connectivity index (χ0n) is 14.1. The molecule has 24 heavy (non-hydrogen) atoms. The lowest BCUT2D eigenvalue weighted by Crippen LogP contribution is -2.39. The molecular formula is C17H23N3O4. The first-order valence-electron chi connectivity index (χ1n) is 8.16. The third kappa shape index (κ3) is 3.46. The quantitative estimate of drug-likeness (QED) is 0.810. The van der Waals surface area contributed by atoms with E-state index in [-0.39, 0.29) is 11.8 Å². The van der Waals surface area contributed by atoms with Gasteiger partial charge in [0.05, 0.1) is 13.7 Å². The Morgan fingerprint density at radius 2 is 2.29 bits per heavy atom. The number of imidazole rings is 1. The molecule has 1 amide bonds. The number of amides is 1. The van der Waals surface area contributed by atoms with E-state index in [9.17, 15) is 4.79 Å². The van der Waals surface area contributed by atoms with E-state index >= 15 is 0 Å². The molecule has 0 saturated carbocycles. The van der Waals surface area contributed by atoms with E-state index in [4.69, 9.17) is 13.9 Å². The fourth-order valence-electron chi connectivity index (χ4n) is 3.13. The van der Waals surface area contributed by atoms with Crippen LogP contribution < -0.4 is 4.74 Å². The predicted molar refractivity (Wildman–Crippen MR) is 87.2 cm³/mol. The fraction of sp³-hybridized carbons (Fsp3) is 0.529. The van der Waals surface area contributed by atoms with E-state index < -0.39 is 0 Å². The van der Waals surface area contributed by atoms with Gasteiger partial charge in [0.25, 0.3) is 11.9 Å². The minimum Gasteiger partial charge on any atom is -0.468 e. The number of carbonyl (C=O) groups is 1. The molecule has 7 nitrogen and oxygen atoms in total. The van der Waals surface area contributed by atoms with Crippen LogP contribution in [0.25, 0.3) is 0 Å². The van der Waals surface area contributed by atoms with Crippen molar-refractivity contribution in [3.8, 4) is 5.95 Å². The lowest BCUT2D eigenvalue weighted by molar-refractivity contribution is 0.0664. The zero-order chi connectivity index (χ0) is 16.9. The largest absolute Gasteiger partial charge is 0.468 e. The van der Waals surface area contributed by atoms with Gasteiger partial charge in [0, 0.05) is 51.1 Å². The topological polar surface area (TPSA) is 69.7 Å². The Labute approximate surface area is 141 Å². The summed E-state index contributed by atoms with van der Waals surface area (Å²) in [4.78, 5) is 19.0. The Balaban J connectivity index is 1.70. The second-order valence-electron chi connectivity index (χ2n) is 5.88. The highest BCUT2D eigenvalue weighted by molar-refractivity contribution is 5.91. The van der Waals surface area contributed by atoms with Gasteiger partial charge in [-0.2, -0.15) is 0 Å². The van der Waals surface area contributed by atoms with Crippen LogP contribution in [-0.2, 0) is 11.3 Å². The van der Waals surface area contributed by atoms with Gasteiger partial charge in [-0.25, -0.2) is 4.98 Å². The van der Waals surface area contributed by atoms with Gasteiger partial charge in [0.15, 0.2) is 5.76 Å². The highest BCUT2D eigenvalue weighted by Crippen LogP contribution is 2.27. The van der Waals surface area contributed by atoms with E-state index in [0.29, 0.717) is 24.9 Å². The number of carbonyl (C=O) groups excluding carboxylic acids is 1. The first kappa shape index (κ1) is 16.6. The molecule has 1 unspecified atom stereocenters. The maximum Gasteiger partial charge on any atom is 0.289 e. The monoisotopic (exact) mass is 333 g/mol. The van der Waals surface area contributed by atoms with E-state index in [1.807, 2.05) is 17.3 Å². The highest BCUT2D eigenvalue weighted by Gasteiger charge is 2.29. The van der Waals surface area contributed by atoms with Crippen LogP contribution in [-0.4, -0.2) is 54.3 Å². The van der Waals surface area contributed by atoms with Gasteiger partial charge >= 0.3 is 0 Å². The van der Waals surface area contributed by atoms with Crippen LogP contribution >= 0.6 is 0 Å². The predicted octanol–water partition coefficient (Wildman–Crippen LogP) is 2.15. The highest BCUT2D eigenvalue weighted by atomic mass is 16.6. The number of nitrogens with zero attached hydrogens (tertiary/aromatic N) is 3. The average Bonchev–Trinajstić information content (AvgIpc) is 3.28. The molecule has 130 valence electrons. The number of ether oxygens (including phenoxy) is 2. The lowest BCUT2D eigenvalue weighted by atomic mass is 9.97. The third-order valence-electron chi connectivity index (χ3n) is 4.35. The van der Waals surface area contributed by atoms with E-state index in [2.05, 4.69) is 9.55 Å². The molecule has 0 aliphatic carbocycles. The first-order valence-corrected chi connectivity index (χ1v) is 8.16. The summed E-state index contributed by atoms with van der Waals surface area (Å²) in [5.41, 5.74) is 0. The summed E-state index contributed by atoms with van der Waals surface area (Å²) >= 11 is 0. The standard InChI is InChI=1S/C17H23N3O4/c1-22-11-10-19-9-7-18-16(19)13-4-3-8-20(12-13)17(21)14-5-6-15(23-2)24-14/h5-7,9,13H,3-4,8,10-12H2,1-2H3. The second-order valence-corrected chi connectivity index (χ2v) is 5.88. The Kier molecular flexibility index (Phi) is 5.20. The Morgan fingerprint density at radius 1 is 1.42 bits per heavy atom. The summed E-state index contributed by atoms with van der Waals surface area (Å²) in [7, 11) is 3.21. The van der Waals surface area contributed by atoms with Gasteiger partial charge in [-0.1, -0.05) is 0 Å². The number of likely N-dealkylation sites (tertiary alicyclic amines) is 1. The van der Waals surface area contributed by atoms with Gasteiger partial charge in [-0.15, -0.1) is 0 Å². The molecular weight excluding hydrogens is 310 g/mol. The lowest BCUT2D eigenvalue weighted by Gasteiger charge is -2.32. The van der Waals surface area contributed by atoms with Crippen molar-refractivity contribution < 1.29 is 18.7 Å². The number of piperidine rings is 1. The van der Waals surface area contributed by atoms with Crippen molar-refractivity contribution in [2.75, 3.05) is 33.9 Å². The van der Waals surface area contributed by atoms with Crippen LogP contribution in [0.2, 0.25) is 0 Å². The number of methoxy groups -OCH3 is 2. The summed E-state index contributed by atoms with van der Waals surface area (Å²) in [6.07, 6.45) is 5.75. The molecule has 1 aliphatic heterocycles. The molecule has 1 saturated heterocycles. The van der Waals surface area contributed by atoms with Crippen LogP contribution in [0.4, 0.5) is 0 Å². The molecule has 0 spiro atoms. The van der Waals surface area contributed by atoms with Crippen molar-refractivity contribution >= 4 is 5.91 Å². The number of rotatable bonds is 6. The second kappa shape index (κ2) is 7.53. The van der Waals surface area contributed by atoms with E-state index in [1.54, 1.807) is 19.2 Å². The number of furan rings is 1. The van der Waals surface area contributed by atoms with Gasteiger partial charge in [0.1, 0.15) is 5.82 Å². The molecule has 3 rings (SSSR count). The minimum absolute atomic E-state index is 0.0991. The maximum atomic E-state index is 12.6. The van der Waals surface area contributed by atoms with E-state index in [1.165, 1.54) is 7.11 Å². The minimum atomic E-state index is -0.0991. The summed E-state index contributed by atoms with van der Waals surface area (Å²) in [5.74, 6) is 1.81. The SMILES string of the molecule is COCCn1ccnc1C1CCCN(C(=O)c2ccc(OC)o2)C1. The summed E-state index contributed by atoms with van der Waals surface area (Å²) in [5, 5.41) is 0. The number of hydrogen-bond acceptors (Lipinski definition) is 5. The number of hydrogen-bond donors (Lipinski definition) is 0. The summed E-state index contributed by atoms with van der Waals surface area (Å²) in [6.45, 7) is 2.79. The van der Waals surface area contributed by atoms with Gasteiger partial charge in [-0.05, 0) is 18.9 Å². The Morgan fingerprint density at radius 3 is 3.04 bits per heavy atom. The Bertz CT molecular complexity index is 679. The maximum absolute atomic E-state index is 12.6. The molecule has 0 aromatic carbocycles. The zero-order valence-corrected chi connectivity index (χ0v) is 14.1. The summed E-state index contributed by atoms with van der Waals surface area (Å²) < 4.78 is 17.7. The van der Waals surface area contributed by atoms with Crippen LogP contribution in [0.5, 0.6) is 5.95 Å². The third-order valence-corrected chi connectivity index (χ3v) is 4.35. The van der Waals surface area contributed by atoms with Crippen LogP contribution in [0.3, 0.4) is 0 Å². The van der Waals surface area contributed by atoms with Gasteiger partial charge in [-0.3, -0.25) is 4.79 Å². The van der Waals surface area contributed by atoms with Crippen molar-refractivity contribution in [2.45, 2.75) is 25.3 Å². The molecule has 7 heteroatoms. The molecule has 1 fully saturated rings. The molecule has 1 atom stereocenters. The molecule has 3 heterocycles. The molecule has 0 bridgehead atoms. The van der Waals surface area contributed by atoms with Crippen LogP contribution in [0.15, 0.2) is 28.9 Å². The fourth-order valence-corrected chi connectivity index (χ4v) is 3.13. The van der Waals surface area contributed by atoms with Crippen molar-refractivity contribution in [1.82, 2.24) is 14.5 Å².